The zero-order chi connectivity index (χ0) is 29.6. The molecular formula is C33H25BF4O4. The number of aliphatic carboxylic acids is 1. The Labute approximate surface area is 240 Å². The van der Waals surface area contributed by atoms with Crippen molar-refractivity contribution in [3.05, 3.63) is 107 Å². The first-order chi connectivity index (χ1) is 20.2. The fourth-order valence-electron chi connectivity index (χ4n) is 5.98. The first-order valence-corrected chi connectivity index (χ1v) is 13.6. The SMILES string of the molecule is COc1ccc(-c2c3c([o+]c4c2CCc2ccccc2-4)-c2ccccc2CC3)cc1.O=C([O-])C1(F)B(F)C=CC1(F)F. The van der Waals surface area contributed by atoms with E-state index in [1.54, 1.807) is 7.11 Å². The molecule has 0 saturated heterocycles. The Hall–Kier alpha value is -4.40. The smallest absolute Gasteiger partial charge is 0.425 e. The lowest BCUT2D eigenvalue weighted by Gasteiger charge is -2.27. The molecule has 4 nitrogen and oxygen atoms in total. The maximum atomic E-state index is 12.8. The summed E-state index contributed by atoms with van der Waals surface area (Å²) in [4.78, 5) is 9.90. The van der Waals surface area contributed by atoms with Gasteiger partial charge in [0.25, 0.3) is 0 Å². The summed E-state index contributed by atoms with van der Waals surface area (Å²) >= 11 is 0. The molecule has 0 fully saturated rings. The predicted molar refractivity (Wildman–Crippen MR) is 151 cm³/mol. The Morgan fingerprint density at radius 2 is 1.36 bits per heavy atom. The van der Waals surface area contributed by atoms with Gasteiger partial charge in [-0.1, -0.05) is 54.5 Å². The topological polar surface area (TPSA) is 60.7 Å². The summed E-state index contributed by atoms with van der Waals surface area (Å²) < 4.78 is 62.0. The lowest BCUT2D eigenvalue weighted by atomic mass is 9.59. The largest absolute Gasteiger partial charge is 0.547 e. The summed E-state index contributed by atoms with van der Waals surface area (Å²) in [5.41, 5.74) is 6.26. The third-order valence-electron chi connectivity index (χ3n) is 8.18. The zero-order valence-corrected chi connectivity index (χ0v) is 22.6. The monoisotopic (exact) mass is 572 g/mol. The Morgan fingerprint density at radius 3 is 1.79 bits per heavy atom. The van der Waals surface area contributed by atoms with E-state index in [4.69, 9.17) is 9.15 Å². The maximum absolute atomic E-state index is 12.8. The number of allylic oxidation sites excluding steroid dienone is 1. The highest BCUT2D eigenvalue weighted by molar-refractivity contribution is 6.66. The molecule has 3 aliphatic rings. The summed E-state index contributed by atoms with van der Waals surface area (Å²) in [6.45, 7) is -2.86. The minimum absolute atomic E-state index is 0.118. The Morgan fingerprint density at radius 1 is 0.833 bits per heavy atom. The van der Waals surface area contributed by atoms with Gasteiger partial charge in [-0.15, -0.1) is 0 Å². The molecule has 0 N–H and O–H groups in total. The van der Waals surface area contributed by atoms with Gasteiger partial charge < -0.3 is 19.0 Å². The molecule has 3 aromatic carbocycles. The number of halogens is 4. The first-order valence-electron chi connectivity index (χ1n) is 13.6. The molecule has 212 valence electrons. The van der Waals surface area contributed by atoms with Gasteiger partial charge in [0.2, 0.25) is 5.57 Å². The third kappa shape index (κ3) is 4.39. The number of carbonyl (C=O) groups excluding carboxylic acids is 1. The van der Waals surface area contributed by atoms with Gasteiger partial charge in [0.15, 0.2) is 0 Å². The van der Waals surface area contributed by atoms with E-state index in [-0.39, 0.29) is 12.1 Å². The van der Waals surface area contributed by atoms with Gasteiger partial charge in [-0.05, 0) is 72.7 Å². The van der Waals surface area contributed by atoms with E-state index in [1.807, 2.05) is 0 Å². The molecule has 0 radical (unpaired) electrons. The Bertz CT molecular complexity index is 1650. The van der Waals surface area contributed by atoms with Crippen LogP contribution in [0.2, 0.25) is 0 Å². The van der Waals surface area contributed by atoms with E-state index in [1.165, 1.54) is 44.5 Å². The van der Waals surface area contributed by atoms with Crippen molar-refractivity contribution < 1.29 is 36.5 Å². The molecule has 2 heterocycles. The molecule has 0 amide bonds. The van der Waals surface area contributed by atoms with Crippen LogP contribution in [0.25, 0.3) is 33.8 Å². The standard InChI is InChI=1S/C28H23O2.C5H3BF4O2/c1-29-21-14-10-20(11-15-21)26-24-16-12-18-6-2-4-8-22(18)27(24)30-28-23-9-5-3-7-19(23)13-17-25(26)28;7-4(8)1-2-6(10)5(4,9)3(11)12/h2-11,14-15H,12-13,16-17H2,1H3;1-2H,(H,11,12)/q+1;/p-1. The summed E-state index contributed by atoms with van der Waals surface area (Å²) in [5, 5.41) is 9.90. The molecule has 2 aliphatic carbocycles. The van der Waals surface area contributed by atoms with Gasteiger partial charge in [0.1, 0.15) is 5.75 Å². The second kappa shape index (κ2) is 10.5. The van der Waals surface area contributed by atoms with E-state index in [0.717, 1.165) is 43.0 Å². The van der Waals surface area contributed by atoms with Crippen LogP contribution >= 0.6 is 0 Å². The van der Waals surface area contributed by atoms with Gasteiger partial charge in [-0.2, -0.15) is 8.78 Å². The fraction of sp³-hybridized carbons (Fsp3) is 0.212. The maximum Gasteiger partial charge on any atom is 0.425 e. The second-order valence-electron chi connectivity index (χ2n) is 10.5. The molecule has 1 atom stereocenters. The number of fused-ring (bicyclic) bond motifs is 6. The van der Waals surface area contributed by atoms with Crippen LogP contribution < -0.4 is 9.84 Å². The molecule has 1 aliphatic heterocycles. The number of hydrogen-bond acceptors (Lipinski definition) is 3. The van der Waals surface area contributed by atoms with Crippen LogP contribution in [-0.2, 0) is 30.5 Å². The number of methoxy groups -OCH3 is 1. The molecule has 0 saturated carbocycles. The van der Waals surface area contributed by atoms with Crippen molar-refractivity contribution in [3.8, 4) is 39.5 Å². The third-order valence-corrected chi connectivity index (χ3v) is 8.18. The van der Waals surface area contributed by atoms with Crippen molar-refractivity contribution in [2.75, 3.05) is 7.11 Å². The zero-order valence-electron chi connectivity index (χ0n) is 22.6. The highest BCUT2D eigenvalue weighted by Crippen LogP contribution is 2.47. The number of ether oxygens (including phenoxy) is 1. The van der Waals surface area contributed by atoms with Crippen LogP contribution in [0.15, 0.2) is 89.3 Å². The lowest BCUT2D eigenvalue weighted by molar-refractivity contribution is -0.322. The highest BCUT2D eigenvalue weighted by Gasteiger charge is 2.65. The average Bonchev–Trinajstić information content (AvgIpc) is 3.23. The highest BCUT2D eigenvalue weighted by atomic mass is 19.3. The van der Waals surface area contributed by atoms with Gasteiger partial charge in [0.05, 0.1) is 35.3 Å². The minimum Gasteiger partial charge on any atom is -0.547 e. The predicted octanol–water partition coefficient (Wildman–Crippen LogP) is 6.46. The van der Waals surface area contributed by atoms with Crippen molar-refractivity contribution in [1.82, 2.24) is 0 Å². The van der Waals surface area contributed by atoms with Crippen LogP contribution in [0.4, 0.5) is 17.5 Å². The van der Waals surface area contributed by atoms with E-state index < -0.39 is 24.4 Å². The van der Waals surface area contributed by atoms with Crippen LogP contribution in [0, 0.1) is 0 Å². The number of hydrogen-bond donors (Lipinski definition) is 0. The van der Waals surface area contributed by atoms with E-state index >= 15 is 0 Å². The lowest BCUT2D eigenvalue weighted by Crippen LogP contribution is -2.60. The van der Waals surface area contributed by atoms with E-state index in [0.29, 0.717) is 0 Å². The van der Waals surface area contributed by atoms with Crippen LogP contribution in [0.3, 0.4) is 0 Å². The molecule has 4 aromatic rings. The molecule has 9 heteroatoms. The van der Waals surface area contributed by atoms with Crippen LogP contribution in [-0.4, -0.2) is 31.6 Å². The summed E-state index contributed by atoms with van der Waals surface area (Å²) in [6.07, 6.45) is 4.00. The van der Waals surface area contributed by atoms with Crippen molar-refractivity contribution >= 4 is 13.0 Å². The number of aryl methyl sites for hydroxylation is 2. The molecule has 7 rings (SSSR count). The molecule has 0 spiro atoms. The summed E-state index contributed by atoms with van der Waals surface area (Å²) in [7, 11) is 1.72. The molecule has 42 heavy (non-hydrogen) atoms. The van der Waals surface area contributed by atoms with Gasteiger partial charge in [-0.25, -0.2) is 8.81 Å². The number of carbonyl (C=O) groups is 1. The van der Waals surface area contributed by atoms with Crippen LogP contribution in [0.5, 0.6) is 5.75 Å². The number of carboxylic acid groups (broad SMARTS) is 1. The quantitative estimate of drug-likeness (QED) is 0.161. The number of alkyl halides is 3. The minimum atomic E-state index is -4.34. The van der Waals surface area contributed by atoms with Crippen molar-refractivity contribution in [3.63, 3.8) is 0 Å². The number of carboxylic acids is 1. The molecule has 0 bridgehead atoms. The van der Waals surface area contributed by atoms with Gasteiger partial charge in [-0.3, -0.25) is 0 Å². The molecule has 1 unspecified atom stereocenters. The van der Waals surface area contributed by atoms with Gasteiger partial charge >= 0.3 is 24.4 Å². The Kier molecular flexibility index (Phi) is 6.91. The number of rotatable bonds is 3. The fourth-order valence-corrected chi connectivity index (χ4v) is 5.98. The molecular weight excluding hydrogens is 547 g/mol. The summed E-state index contributed by atoms with van der Waals surface area (Å²) in [5.74, 6) is -3.96. The second-order valence-corrected chi connectivity index (χ2v) is 10.5. The Balaban J connectivity index is 0.000000223. The average molecular weight is 572 g/mol. The number of benzene rings is 3. The van der Waals surface area contributed by atoms with Crippen LogP contribution in [0.1, 0.15) is 22.3 Å². The van der Waals surface area contributed by atoms with E-state index in [2.05, 4.69) is 72.8 Å². The van der Waals surface area contributed by atoms with Crippen molar-refractivity contribution in [2.24, 2.45) is 0 Å². The first kappa shape index (κ1) is 27.8. The van der Waals surface area contributed by atoms with Gasteiger partial charge in [0, 0.05) is 5.56 Å². The normalized spacial score (nSPS) is 19.0. The van der Waals surface area contributed by atoms with Crippen molar-refractivity contribution in [2.45, 2.75) is 37.2 Å². The van der Waals surface area contributed by atoms with E-state index in [9.17, 15) is 27.4 Å². The van der Waals surface area contributed by atoms with Crippen molar-refractivity contribution in [1.29, 1.82) is 0 Å². The molecule has 1 aromatic heterocycles. The summed E-state index contributed by atoms with van der Waals surface area (Å²) in [6, 6.07) is 25.9.